The van der Waals surface area contributed by atoms with Crippen molar-refractivity contribution in [1.82, 2.24) is 16.0 Å². The van der Waals surface area contributed by atoms with Crippen molar-refractivity contribution in [2.75, 3.05) is 20.1 Å². The minimum absolute atomic E-state index is 0. The summed E-state index contributed by atoms with van der Waals surface area (Å²) in [6.45, 7) is 5.91. The van der Waals surface area contributed by atoms with Crippen LogP contribution in [0.25, 0.3) is 0 Å². The van der Waals surface area contributed by atoms with Crippen LogP contribution in [0.5, 0.6) is 0 Å². The van der Waals surface area contributed by atoms with Gasteiger partial charge in [-0.25, -0.2) is 0 Å². The first-order valence-electron chi connectivity index (χ1n) is 7.85. The number of nitrogens with zero attached hydrogens (tertiary/aromatic N) is 1. The van der Waals surface area contributed by atoms with Crippen molar-refractivity contribution in [3.8, 4) is 0 Å². The number of halogens is 1. The second-order valence-corrected chi connectivity index (χ2v) is 5.60. The van der Waals surface area contributed by atoms with Gasteiger partial charge in [0.2, 0.25) is 5.91 Å². The van der Waals surface area contributed by atoms with Crippen LogP contribution in [-0.2, 0) is 11.3 Å². The molecule has 3 N–H and O–H groups in total. The maximum absolute atomic E-state index is 11.7. The summed E-state index contributed by atoms with van der Waals surface area (Å²) in [6, 6.07) is 3.62. The molecule has 1 aromatic heterocycles. The largest absolute Gasteiger partial charge is 0.467 e. The number of hydrogen-bond donors (Lipinski definition) is 3. The number of aliphatic imine (C=N–C) groups is 1. The fourth-order valence-corrected chi connectivity index (χ4v) is 1.93. The zero-order valence-corrected chi connectivity index (χ0v) is 16.6. The van der Waals surface area contributed by atoms with Gasteiger partial charge in [0, 0.05) is 13.6 Å². The summed E-state index contributed by atoms with van der Waals surface area (Å²) in [4.78, 5) is 15.8. The van der Waals surface area contributed by atoms with E-state index >= 15 is 0 Å². The van der Waals surface area contributed by atoms with Gasteiger partial charge in [0.05, 0.1) is 19.4 Å². The Balaban J connectivity index is 0.00000484. The number of guanidine groups is 1. The Morgan fingerprint density at radius 3 is 2.65 bits per heavy atom. The molecule has 0 bridgehead atoms. The first-order valence-corrected chi connectivity index (χ1v) is 7.85. The zero-order valence-electron chi connectivity index (χ0n) is 14.2. The molecule has 0 radical (unpaired) electrons. The number of carbonyl (C=O) groups is 1. The van der Waals surface area contributed by atoms with Crippen LogP contribution in [-0.4, -0.2) is 32.0 Å². The molecule has 0 saturated heterocycles. The summed E-state index contributed by atoms with van der Waals surface area (Å²) < 4.78 is 5.15. The van der Waals surface area contributed by atoms with Crippen LogP contribution in [0.1, 0.15) is 38.9 Å². The lowest BCUT2D eigenvalue weighted by atomic mass is 10.1. The molecule has 0 aliphatic carbocycles. The second-order valence-electron chi connectivity index (χ2n) is 5.60. The van der Waals surface area contributed by atoms with Crippen LogP contribution in [0.4, 0.5) is 0 Å². The molecule has 23 heavy (non-hydrogen) atoms. The third kappa shape index (κ3) is 11.0. The maximum atomic E-state index is 11.7. The molecule has 1 amide bonds. The van der Waals surface area contributed by atoms with Crippen LogP contribution >= 0.6 is 24.0 Å². The lowest BCUT2D eigenvalue weighted by molar-refractivity contribution is -0.120. The van der Waals surface area contributed by atoms with Gasteiger partial charge < -0.3 is 20.4 Å². The molecule has 0 unspecified atom stereocenters. The fraction of sp³-hybridized carbons (Fsp3) is 0.625. The van der Waals surface area contributed by atoms with Gasteiger partial charge in [-0.15, -0.1) is 24.0 Å². The number of furan rings is 1. The molecule has 132 valence electrons. The second kappa shape index (κ2) is 13.2. The summed E-state index contributed by atoms with van der Waals surface area (Å²) in [7, 11) is 1.70. The molecule has 0 spiro atoms. The minimum Gasteiger partial charge on any atom is -0.467 e. The highest BCUT2D eigenvalue weighted by molar-refractivity contribution is 14.0. The van der Waals surface area contributed by atoms with Gasteiger partial charge >= 0.3 is 0 Å². The van der Waals surface area contributed by atoms with E-state index in [0.717, 1.165) is 24.6 Å². The topological polar surface area (TPSA) is 78.7 Å². The number of nitrogens with one attached hydrogen (secondary N) is 3. The molecule has 0 saturated carbocycles. The van der Waals surface area contributed by atoms with Crippen molar-refractivity contribution in [3.63, 3.8) is 0 Å². The van der Waals surface area contributed by atoms with Gasteiger partial charge in [-0.3, -0.25) is 9.79 Å². The van der Waals surface area contributed by atoms with Gasteiger partial charge in [-0.1, -0.05) is 26.7 Å². The molecule has 1 aromatic rings. The molecule has 0 fully saturated rings. The Kier molecular flexibility index (Phi) is 12.5. The van der Waals surface area contributed by atoms with Crippen LogP contribution in [0.15, 0.2) is 27.8 Å². The average molecular weight is 436 g/mol. The van der Waals surface area contributed by atoms with Gasteiger partial charge in [0.1, 0.15) is 5.76 Å². The number of hydrogen-bond acceptors (Lipinski definition) is 3. The van der Waals surface area contributed by atoms with E-state index in [2.05, 4.69) is 34.8 Å². The third-order valence-corrected chi connectivity index (χ3v) is 3.18. The normalized spacial score (nSPS) is 11.0. The summed E-state index contributed by atoms with van der Waals surface area (Å²) in [6.07, 6.45) is 5.13. The van der Waals surface area contributed by atoms with Crippen molar-refractivity contribution in [3.05, 3.63) is 24.2 Å². The molecule has 1 rings (SSSR count). The molecular formula is C16H29IN4O2. The molecule has 0 aromatic carbocycles. The van der Waals surface area contributed by atoms with Crippen molar-refractivity contribution < 1.29 is 9.21 Å². The van der Waals surface area contributed by atoms with E-state index in [9.17, 15) is 4.79 Å². The lowest BCUT2D eigenvalue weighted by Crippen LogP contribution is -2.43. The monoisotopic (exact) mass is 436 g/mol. The van der Waals surface area contributed by atoms with E-state index in [1.54, 1.807) is 19.4 Å². The van der Waals surface area contributed by atoms with Crippen LogP contribution < -0.4 is 16.0 Å². The summed E-state index contributed by atoms with van der Waals surface area (Å²) in [5.41, 5.74) is 0. The van der Waals surface area contributed by atoms with Crippen molar-refractivity contribution in [1.29, 1.82) is 0 Å². The average Bonchev–Trinajstić information content (AvgIpc) is 3.01. The Labute approximate surface area is 155 Å². The molecule has 0 aliphatic heterocycles. The molecule has 6 nitrogen and oxygen atoms in total. The predicted molar refractivity (Wildman–Crippen MR) is 104 cm³/mol. The third-order valence-electron chi connectivity index (χ3n) is 3.18. The number of rotatable bonds is 9. The van der Waals surface area contributed by atoms with Gasteiger partial charge in [0.15, 0.2) is 5.96 Å². The Bertz CT molecular complexity index is 447. The Hall–Kier alpha value is -1.25. The maximum Gasteiger partial charge on any atom is 0.239 e. The minimum atomic E-state index is -0.0980. The summed E-state index contributed by atoms with van der Waals surface area (Å²) in [5.74, 6) is 2.04. The van der Waals surface area contributed by atoms with Crippen molar-refractivity contribution >= 4 is 35.8 Å². The highest BCUT2D eigenvalue weighted by Crippen LogP contribution is 2.04. The van der Waals surface area contributed by atoms with E-state index in [-0.39, 0.29) is 36.4 Å². The molecular weight excluding hydrogens is 407 g/mol. The van der Waals surface area contributed by atoms with Gasteiger partial charge in [-0.2, -0.15) is 0 Å². The van der Waals surface area contributed by atoms with Gasteiger partial charge in [-0.05, 0) is 24.5 Å². The van der Waals surface area contributed by atoms with E-state index in [1.165, 1.54) is 12.8 Å². The Morgan fingerprint density at radius 2 is 2.04 bits per heavy atom. The first kappa shape index (κ1) is 21.8. The lowest BCUT2D eigenvalue weighted by Gasteiger charge is -2.12. The van der Waals surface area contributed by atoms with Crippen molar-refractivity contribution in [2.45, 2.75) is 39.7 Å². The van der Waals surface area contributed by atoms with E-state index in [4.69, 9.17) is 4.42 Å². The Morgan fingerprint density at radius 1 is 1.26 bits per heavy atom. The van der Waals surface area contributed by atoms with Crippen LogP contribution in [0.3, 0.4) is 0 Å². The standard InChI is InChI=1S/C16H28N4O2.HI/c1-13(2)7-4-5-9-18-16(17-3)20-12-15(21)19-11-14-8-6-10-22-14;/h6,8,10,13H,4-5,7,9,11-12H2,1-3H3,(H,19,21)(H2,17,18,20);1H. The van der Waals surface area contributed by atoms with Gasteiger partial charge in [0.25, 0.3) is 0 Å². The van der Waals surface area contributed by atoms with E-state index in [0.29, 0.717) is 12.5 Å². The predicted octanol–water partition coefficient (Wildman–Crippen LogP) is 2.51. The van der Waals surface area contributed by atoms with Crippen LogP contribution in [0.2, 0.25) is 0 Å². The van der Waals surface area contributed by atoms with Crippen molar-refractivity contribution in [2.24, 2.45) is 10.9 Å². The quantitative estimate of drug-likeness (QED) is 0.241. The fourth-order valence-electron chi connectivity index (χ4n) is 1.93. The SMILES string of the molecule is CN=C(NCCCCC(C)C)NCC(=O)NCc1ccco1.I. The zero-order chi connectivity index (χ0) is 16.2. The van der Waals surface area contributed by atoms with Crippen LogP contribution in [0, 0.1) is 5.92 Å². The molecule has 0 aliphatic rings. The van der Waals surface area contributed by atoms with E-state index in [1.807, 2.05) is 6.07 Å². The summed E-state index contributed by atoms with van der Waals surface area (Å²) in [5, 5.41) is 8.98. The highest BCUT2D eigenvalue weighted by Gasteiger charge is 2.04. The summed E-state index contributed by atoms with van der Waals surface area (Å²) >= 11 is 0. The molecule has 1 heterocycles. The first-order chi connectivity index (χ1) is 10.6. The number of amides is 1. The molecule has 0 atom stereocenters. The number of carbonyl (C=O) groups excluding carboxylic acids is 1. The smallest absolute Gasteiger partial charge is 0.239 e. The molecule has 7 heteroatoms. The highest BCUT2D eigenvalue weighted by atomic mass is 127. The van der Waals surface area contributed by atoms with E-state index < -0.39 is 0 Å². The number of unbranched alkanes of at least 4 members (excludes halogenated alkanes) is 1.